The lowest BCUT2D eigenvalue weighted by molar-refractivity contribution is -0.127. The number of benzene rings is 1. The van der Waals surface area contributed by atoms with Gasteiger partial charge in [0.15, 0.2) is 0 Å². The van der Waals surface area contributed by atoms with E-state index in [1.807, 2.05) is 48.0 Å². The van der Waals surface area contributed by atoms with Crippen LogP contribution in [0.1, 0.15) is 39.7 Å². The molecule has 0 radical (unpaired) electrons. The molecule has 2 heterocycles. The normalized spacial score (nSPS) is 21.0. The minimum Gasteiger partial charge on any atom is -0.378 e. The zero-order chi connectivity index (χ0) is 17.1. The van der Waals surface area contributed by atoms with E-state index in [4.69, 9.17) is 4.74 Å². The first-order chi connectivity index (χ1) is 11.6. The summed E-state index contributed by atoms with van der Waals surface area (Å²) in [4.78, 5) is 12.7. The molecule has 2 aromatic rings. The number of aromatic nitrogens is 2. The second-order valence-corrected chi connectivity index (χ2v) is 6.63. The minimum absolute atomic E-state index is 0.0172. The van der Waals surface area contributed by atoms with Gasteiger partial charge in [-0.2, -0.15) is 5.10 Å². The fraction of sp³-hybridized carbons (Fsp3) is 0.474. The molecule has 0 aliphatic carbocycles. The van der Waals surface area contributed by atoms with E-state index in [-0.39, 0.29) is 24.0 Å². The molecule has 1 N–H and O–H groups in total. The Bertz CT molecular complexity index is 694. The topological polar surface area (TPSA) is 56.1 Å². The van der Waals surface area contributed by atoms with E-state index in [0.717, 1.165) is 36.5 Å². The summed E-state index contributed by atoms with van der Waals surface area (Å²) in [5, 5.41) is 7.73. The third kappa shape index (κ3) is 3.51. The third-order valence-corrected chi connectivity index (χ3v) is 4.49. The van der Waals surface area contributed by atoms with Gasteiger partial charge in [0.25, 0.3) is 0 Å². The maximum atomic E-state index is 12.7. The van der Waals surface area contributed by atoms with Gasteiger partial charge in [-0.25, -0.2) is 4.68 Å². The third-order valence-electron chi connectivity index (χ3n) is 4.49. The molecule has 5 nitrogen and oxygen atoms in total. The van der Waals surface area contributed by atoms with E-state index in [2.05, 4.69) is 24.3 Å². The van der Waals surface area contributed by atoms with Gasteiger partial charge in [0.05, 0.1) is 17.7 Å². The molecule has 1 aliphatic rings. The smallest absolute Gasteiger partial charge is 0.231 e. The van der Waals surface area contributed by atoms with Crippen molar-refractivity contribution < 1.29 is 9.53 Å². The molecular weight excluding hydrogens is 302 g/mol. The quantitative estimate of drug-likeness (QED) is 0.927. The maximum Gasteiger partial charge on any atom is 0.231 e. The lowest BCUT2D eigenvalue weighted by Crippen LogP contribution is -2.36. The first-order valence-corrected chi connectivity index (χ1v) is 8.63. The Balaban J connectivity index is 1.84. The second kappa shape index (κ2) is 7.18. The van der Waals surface area contributed by atoms with Crippen LogP contribution in [0.25, 0.3) is 11.3 Å². The lowest BCUT2D eigenvalue weighted by atomic mass is 9.94. The monoisotopic (exact) mass is 327 g/mol. The molecule has 1 aromatic carbocycles. The van der Waals surface area contributed by atoms with E-state index in [0.29, 0.717) is 0 Å². The highest BCUT2D eigenvalue weighted by Gasteiger charge is 2.29. The van der Waals surface area contributed by atoms with Crippen LogP contribution in [-0.2, 0) is 9.53 Å². The highest BCUT2D eigenvalue weighted by Crippen LogP contribution is 2.27. The molecule has 2 unspecified atom stereocenters. The van der Waals surface area contributed by atoms with E-state index < -0.39 is 0 Å². The first-order valence-electron chi connectivity index (χ1n) is 8.63. The van der Waals surface area contributed by atoms with Gasteiger partial charge in [-0.1, -0.05) is 30.3 Å². The van der Waals surface area contributed by atoms with Crippen LogP contribution in [0, 0.1) is 5.92 Å². The van der Waals surface area contributed by atoms with E-state index in [9.17, 15) is 4.79 Å². The zero-order valence-electron chi connectivity index (χ0n) is 14.5. The largest absolute Gasteiger partial charge is 0.378 e. The summed E-state index contributed by atoms with van der Waals surface area (Å²) in [5.74, 6) is 0.657. The van der Waals surface area contributed by atoms with Crippen molar-refractivity contribution in [1.29, 1.82) is 0 Å². The molecule has 1 fully saturated rings. The summed E-state index contributed by atoms with van der Waals surface area (Å²) in [5.41, 5.74) is 1.91. The summed E-state index contributed by atoms with van der Waals surface area (Å²) >= 11 is 0. The van der Waals surface area contributed by atoms with Crippen molar-refractivity contribution in [3.8, 4) is 11.3 Å². The van der Waals surface area contributed by atoms with Crippen molar-refractivity contribution in [3.63, 3.8) is 0 Å². The molecule has 1 aromatic heterocycles. The fourth-order valence-corrected chi connectivity index (χ4v) is 3.12. The molecule has 1 amide bonds. The maximum absolute atomic E-state index is 12.7. The van der Waals surface area contributed by atoms with Crippen molar-refractivity contribution in [2.45, 2.75) is 45.8 Å². The number of nitrogens with zero attached hydrogens (tertiary/aromatic N) is 2. The van der Waals surface area contributed by atoms with Crippen LogP contribution in [0.15, 0.2) is 36.4 Å². The number of hydrogen-bond donors (Lipinski definition) is 1. The van der Waals surface area contributed by atoms with Crippen LogP contribution in [-0.4, -0.2) is 28.4 Å². The van der Waals surface area contributed by atoms with Crippen LogP contribution in [0.2, 0.25) is 0 Å². The summed E-state index contributed by atoms with van der Waals surface area (Å²) in [6.07, 6.45) is 1.76. The highest BCUT2D eigenvalue weighted by atomic mass is 16.5. The number of carbonyl (C=O) groups is 1. The molecule has 0 saturated carbocycles. The molecule has 128 valence electrons. The SMILES string of the molecule is CC1OCCCC1C(=O)Nc1cc(-c2ccccc2)nn1C(C)C. The number of nitrogens with one attached hydrogen (secondary N) is 1. The molecule has 5 heteroatoms. The summed E-state index contributed by atoms with van der Waals surface area (Å²) in [6, 6.07) is 12.1. The van der Waals surface area contributed by atoms with Gasteiger partial charge in [0.1, 0.15) is 5.82 Å². The van der Waals surface area contributed by atoms with Gasteiger partial charge in [0, 0.05) is 24.3 Å². The summed E-state index contributed by atoms with van der Waals surface area (Å²) in [6.45, 7) is 6.83. The van der Waals surface area contributed by atoms with Crippen molar-refractivity contribution >= 4 is 11.7 Å². The summed E-state index contributed by atoms with van der Waals surface area (Å²) < 4.78 is 7.49. The fourth-order valence-electron chi connectivity index (χ4n) is 3.12. The zero-order valence-corrected chi connectivity index (χ0v) is 14.5. The predicted octanol–water partition coefficient (Wildman–Crippen LogP) is 3.88. The standard InChI is InChI=1S/C19H25N3O2/c1-13(2)22-18(12-17(21-22)15-8-5-4-6-9-15)20-19(23)16-10-7-11-24-14(16)3/h4-6,8-9,12-14,16H,7,10-11H2,1-3H3,(H,20,23). The number of hydrogen-bond acceptors (Lipinski definition) is 3. The predicted molar refractivity (Wildman–Crippen MR) is 94.8 cm³/mol. The van der Waals surface area contributed by atoms with Crippen molar-refractivity contribution in [2.24, 2.45) is 5.92 Å². The molecule has 24 heavy (non-hydrogen) atoms. The molecule has 3 rings (SSSR count). The number of anilines is 1. The Hall–Kier alpha value is -2.14. The van der Waals surface area contributed by atoms with Gasteiger partial charge in [-0.15, -0.1) is 0 Å². The Kier molecular flexibility index (Phi) is 5.00. The molecular formula is C19H25N3O2. The number of rotatable bonds is 4. The Labute approximate surface area is 143 Å². The van der Waals surface area contributed by atoms with Crippen LogP contribution < -0.4 is 5.32 Å². The molecule has 1 saturated heterocycles. The highest BCUT2D eigenvalue weighted by molar-refractivity contribution is 5.92. The van der Waals surface area contributed by atoms with Crippen LogP contribution >= 0.6 is 0 Å². The second-order valence-electron chi connectivity index (χ2n) is 6.63. The van der Waals surface area contributed by atoms with E-state index >= 15 is 0 Å². The van der Waals surface area contributed by atoms with Gasteiger partial charge in [-0.05, 0) is 33.6 Å². The van der Waals surface area contributed by atoms with Crippen LogP contribution in [0.5, 0.6) is 0 Å². The lowest BCUT2D eigenvalue weighted by Gasteiger charge is -2.28. The van der Waals surface area contributed by atoms with Gasteiger partial charge in [0.2, 0.25) is 5.91 Å². The van der Waals surface area contributed by atoms with E-state index in [1.165, 1.54) is 0 Å². The van der Waals surface area contributed by atoms with Gasteiger partial charge < -0.3 is 10.1 Å². The van der Waals surface area contributed by atoms with Crippen molar-refractivity contribution in [3.05, 3.63) is 36.4 Å². The van der Waals surface area contributed by atoms with Crippen LogP contribution in [0.3, 0.4) is 0 Å². The Morgan fingerprint density at radius 2 is 2.08 bits per heavy atom. The number of ether oxygens (including phenoxy) is 1. The average Bonchev–Trinajstić information content (AvgIpc) is 3.00. The average molecular weight is 327 g/mol. The number of amides is 1. The van der Waals surface area contributed by atoms with Crippen molar-refractivity contribution in [2.75, 3.05) is 11.9 Å². The molecule has 0 bridgehead atoms. The Morgan fingerprint density at radius 1 is 1.33 bits per heavy atom. The van der Waals surface area contributed by atoms with Crippen molar-refractivity contribution in [1.82, 2.24) is 9.78 Å². The van der Waals surface area contributed by atoms with Crippen LogP contribution in [0.4, 0.5) is 5.82 Å². The van der Waals surface area contributed by atoms with Gasteiger partial charge >= 0.3 is 0 Å². The number of carbonyl (C=O) groups excluding carboxylic acids is 1. The molecule has 1 aliphatic heterocycles. The first kappa shape index (κ1) is 16.7. The van der Waals surface area contributed by atoms with E-state index in [1.54, 1.807) is 0 Å². The molecule has 0 spiro atoms. The molecule has 2 atom stereocenters. The Morgan fingerprint density at radius 3 is 2.75 bits per heavy atom. The summed E-state index contributed by atoms with van der Waals surface area (Å²) in [7, 11) is 0. The minimum atomic E-state index is -0.102. The van der Waals surface area contributed by atoms with Gasteiger partial charge in [-0.3, -0.25) is 4.79 Å².